The molecule has 2 saturated heterocycles. The van der Waals surface area contributed by atoms with Gasteiger partial charge in [-0.1, -0.05) is 0 Å². The summed E-state index contributed by atoms with van der Waals surface area (Å²) in [5.74, 6) is -1.40. The van der Waals surface area contributed by atoms with Crippen molar-refractivity contribution in [2.75, 3.05) is 50.7 Å². The normalized spacial score (nSPS) is 16.9. The van der Waals surface area contributed by atoms with Crippen LogP contribution >= 0.6 is 0 Å². The maximum absolute atomic E-state index is 10.3. The summed E-state index contributed by atoms with van der Waals surface area (Å²) in [6.45, 7) is 8.57. The predicted molar refractivity (Wildman–Crippen MR) is 130 cm³/mol. The van der Waals surface area contributed by atoms with Gasteiger partial charge in [0.25, 0.3) is 0 Å². The highest BCUT2D eigenvalue weighted by atomic mass is 16.4. The first-order valence-corrected chi connectivity index (χ1v) is 12.0. The van der Waals surface area contributed by atoms with E-state index in [0.29, 0.717) is 0 Å². The van der Waals surface area contributed by atoms with E-state index < -0.39 is 36.4 Å². The van der Waals surface area contributed by atoms with Crippen LogP contribution in [0.1, 0.15) is 44.1 Å². The summed E-state index contributed by atoms with van der Waals surface area (Å²) < 4.78 is 0. The Bertz CT molecular complexity index is 888. The van der Waals surface area contributed by atoms with Crippen LogP contribution in [0.4, 0.5) is 5.95 Å². The second-order valence-corrected chi connectivity index (χ2v) is 8.99. The van der Waals surface area contributed by atoms with Gasteiger partial charge in [0.1, 0.15) is 0 Å². The van der Waals surface area contributed by atoms with E-state index in [9.17, 15) is 14.4 Å². The van der Waals surface area contributed by atoms with Crippen molar-refractivity contribution >= 4 is 23.9 Å². The highest BCUT2D eigenvalue weighted by molar-refractivity contribution is 5.88. The summed E-state index contributed by atoms with van der Waals surface area (Å²) in [5, 5.41) is 33.8. The molecule has 0 atom stereocenters. The van der Waals surface area contributed by atoms with Crippen molar-refractivity contribution in [2.45, 2.75) is 50.7 Å². The fourth-order valence-electron chi connectivity index (χ4n) is 4.05. The second-order valence-electron chi connectivity index (χ2n) is 8.99. The van der Waals surface area contributed by atoms with Crippen molar-refractivity contribution in [3.05, 3.63) is 18.0 Å². The average Bonchev–Trinajstić information content (AvgIpc) is 2.84. The zero-order valence-electron chi connectivity index (χ0n) is 20.4. The van der Waals surface area contributed by atoms with Crippen LogP contribution in [0.25, 0.3) is 0 Å². The van der Waals surface area contributed by atoms with Gasteiger partial charge in [0.2, 0.25) is 5.95 Å². The Morgan fingerprint density at radius 1 is 0.889 bits per heavy atom. The van der Waals surface area contributed by atoms with E-state index >= 15 is 0 Å². The number of hydrogen-bond acceptors (Lipinski definition) is 9. The molecule has 0 bridgehead atoms. The molecule has 2 aliphatic rings. The number of carbonyl (C=O) groups is 3. The molecule has 0 amide bonds. The standard InChI is InChI=1S/C18H27N5.C6H8O7/c1-2-3-7-21-10-12-22(13-11-21)16-17-14-19-18(20-15-17)23-8-5-4-6-9-23;7-3(8)1-6(13,5(11)12)2-4(9)10/h1,14-15H,3-13,16H2;13H,1-2H2,(H,7,8)(H,9,10)(H,11,12). The highest BCUT2D eigenvalue weighted by Gasteiger charge is 2.40. The molecular weight excluding hydrogens is 470 g/mol. The Hall–Kier alpha value is -3.27. The highest BCUT2D eigenvalue weighted by Crippen LogP contribution is 2.17. The third kappa shape index (κ3) is 9.77. The molecule has 4 N–H and O–H groups in total. The molecule has 0 saturated carbocycles. The number of aliphatic carboxylic acids is 3. The van der Waals surface area contributed by atoms with Crippen LogP contribution in [0.5, 0.6) is 0 Å². The lowest BCUT2D eigenvalue weighted by atomic mass is 9.96. The quantitative estimate of drug-likeness (QED) is 0.323. The molecule has 3 rings (SSSR count). The van der Waals surface area contributed by atoms with Gasteiger partial charge in [-0.3, -0.25) is 19.4 Å². The number of aliphatic hydroxyl groups is 1. The molecule has 3 heterocycles. The van der Waals surface area contributed by atoms with Crippen LogP contribution in [0.15, 0.2) is 12.4 Å². The molecule has 36 heavy (non-hydrogen) atoms. The van der Waals surface area contributed by atoms with Gasteiger partial charge in [0, 0.05) is 76.7 Å². The number of carboxylic acid groups (broad SMARTS) is 3. The van der Waals surface area contributed by atoms with Crippen LogP contribution in [0, 0.1) is 12.3 Å². The molecule has 2 fully saturated rings. The van der Waals surface area contributed by atoms with Crippen LogP contribution in [0.2, 0.25) is 0 Å². The van der Waals surface area contributed by atoms with Gasteiger partial charge in [-0.05, 0) is 19.3 Å². The van der Waals surface area contributed by atoms with Crippen molar-refractivity contribution in [1.82, 2.24) is 19.8 Å². The molecule has 198 valence electrons. The minimum Gasteiger partial charge on any atom is -0.481 e. The molecule has 1 aromatic rings. The second kappa shape index (κ2) is 14.3. The molecule has 12 heteroatoms. The number of nitrogens with zero attached hydrogens (tertiary/aromatic N) is 5. The Morgan fingerprint density at radius 2 is 1.42 bits per heavy atom. The van der Waals surface area contributed by atoms with Gasteiger partial charge in [0.15, 0.2) is 5.60 Å². The molecule has 0 aromatic carbocycles. The first-order valence-electron chi connectivity index (χ1n) is 12.0. The van der Waals surface area contributed by atoms with E-state index in [1.807, 2.05) is 12.4 Å². The summed E-state index contributed by atoms with van der Waals surface area (Å²) in [7, 11) is 0. The summed E-state index contributed by atoms with van der Waals surface area (Å²) in [4.78, 5) is 46.9. The fourth-order valence-corrected chi connectivity index (χ4v) is 4.05. The van der Waals surface area contributed by atoms with E-state index in [4.69, 9.17) is 26.8 Å². The summed E-state index contributed by atoms with van der Waals surface area (Å²) in [6, 6.07) is 0. The lowest BCUT2D eigenvalue weighted by molar-refractivity contribution is -0.170. The zero-order valence-corrected chi connectivity index (χ0v) is 20.4. The van der Waals surface area contributed by atoms with Gasteiger partial charge < -0.3 is 25.3 Å². The van der Waals surface area contributed by atoms with Gasteiger partial charge in [0.05, 0.1) is 12.8 Å². The van der Waals surface area contributed by atoms with Gasteiger partial charge in [-0.15, -0.1) is 12.3 Å². The predicted octanol–water partition coefficient (Wildman–Crippen LogP) is 0.359. The number of aromatic nitrogens is 2. The van der Waals surface area contributed by atoms with E-state index in [-0.39, 0.29) is 0 Å². The summed E-state index contributed by atoms with van der Waals surface area (Å²) in [5.41, 5.74) is -1.53. The monoisotopic (exact) mass is 505 g/mol. The van der Waals surface area contributed by atoms with Gasteiger partial charge >= 0.3 is 17.9 Å². The van der Waals surface area contributed by atoms with Gasteiger partial charge in [-0.2, -0.15) is 0 Å². The van der Waals surface area contributed by atoms with Crippen molar-refractivity contribution in [1.29, 1.82) is 0 Å². The van der Waals surface area contributed by atoms with Crippen LogP contribution < -0.4 is 4.90 Å². The lowest BCUT2D eigenvalue weighted by Gasteiger charge is -2.34. The number of terminal acetylenes is 1. The van der Waals surface area contributed by atoms with E-state index in [1.54, 1.807) is 0 Å². The van der Waals surface area contributed by atoms with Gasteiger partial charge in [-0.25, -0.2) is 14.8 Å². The molecule has 0 aliphatic carbocycles. The van der Waals surface area contributed by atoms with E-state index in [0.717, 1.165) is 64.7 Å². The molecule has 1 aromatic heterocycles. The van der Waals surface area contributed by atoms with Crippen LogP contribution in [-0.4, -0.2) is 110 Å². The molecule has 0 spiro atoms. The Labute approximate surface area is 210 Å². The van der Waals surface area contributed by atoms with Crippen molar-refractivity contribution in [3.63, 3.8) is 0 Å². The number of piperazine rings is 1. The minimum atomic E-state index is -2.74. The average molecular weight is 506 g/mol. The number of rotatable bonds is 10. The molecule has 0 radical (unpaired) electrons. The van der Waals surface area contributed by atoms with Crippen molar-refractivity contribution < 1.29 is 34.8 Å². The fraction of sp³-hybridized carbons (Fsp3) is 0.625. The Kier molecular flexibility index (Phi) is 11.5. The molecule has 12 nitrogen and oxygen atoms in total. The Morgan fingerprint density at radius 3 is 1.89 bits per heavy atom. The third-order valence-electron chi connectivity index (χ3n) is 6.06. The molecular formula is C24H35N5O7. The van der Waals surface area contributed by atoms with Crippen LogP contribution in [0.3, 0.4) is 0 Å². The van der Waals surface area contributed by atoms with E-state index in [2.05, 4.69) is 30.6 Å². The number of piperidine rings is 1. The summed E-state index contributed by atoms with van der Waals surface area (Å²) >= 11 is 0. The minimum absolute atomic E-state index is 0.853. The number of hydrogen-bond donors (Lipinski definition) is 4. The smallest absolute Gasteiger partial charge is 0.336 e. The first-order chi connectivity index (χ1) is 17.1. The SMILES string of the molecule is C#CCCN1CCN(Cc2cnc(N3CCCCC3)nc2)CC1.O=C(O)CC(O)(CC(=O)O)C(=O)O. The van der Waals surface area contributed by atoms with Crippen molar-refractivity contribution in [2.24, 2.45) is 0 Å². The zero-order chi connectivity index (χ0) is 26.6. The molecule has 2 aliphatic heterocycles. The lowest BCUT2D eigenvalue weighted by Crippen LogP contribution is -2.46. The summed E-state index contributed by atoms with van der Waals surface area (Å²) in [6.07, 6.45) is 11.8. The van der Waals surface area contributed by atoms with E-state index in [1.165, 1.54) is 24.8 Å². The number of anilines is 1. The largest absolute Gasteiger partial charge is 0.481 e. The maximum atomic E-state index is 10.3. The third-order valence-corrected chi connectivity index (χ3v) is 6.06. The topological polar surface area (TPSA) is 168 Å². The van der Waals surface area contributed by atoms with Crippen molar-refractivity contribution in [3.8, 4) is 12.3 Å². The first kappa shape index (κ1) is 29.0. The molecule has 0 unspecified atom stereocenters. The Balaban J connectivity index is 0.000000302. The van der Waals surface area contributed by atoms with Crippen LogP contribution in [-0.2, 0) is 20.9 Å². The number of carboxylic acids is 3. The maximum Gasteiger partial charge on any atom is 0.336 e.